The lowest BCUT2D eigenvalue weighted by atomic mass is 9.88. The van der Waals surface area contributed by atoms with Crippen LogP contribution in [0.2, 0.25) is 0 Å². The van der Waals surface area contributed by atoms with E-state index >= 15 is 0 Å². The number of carboxylic acids is 1. The molecule has 1 unspecified atom stereocenters. The minimum Gasteiger partial charge on any atom is -0.493 e. The van der Waals surface area contributed by atoms with Crippen LogP contribution < -0.4 is 9.47 Å². The van der Waals surface area contributed by atoms with Crippen molar-refractivity contribution in [1.82, 2.24) is 0 Å². The Kier molecular flexibility index (Phi) is 5.42. The minimum absolute atomic E-state index is 0.0297. The zero-order valence-electron chi connectivity index (χ0n) is 12.8. The molecule has 0 aliphatic rings. The average Bonchev–Trinajstić information content (AvgIpc) is 2.53. The molecule has 4 heteroatoms. The van der Waals surface area contributed by atoms with Crippen molar-refractivity contribution >= 4 is 5.97 Å². The standard InChI is InChI=1S/C18H20O4/c1-3-22-17-11-14(9-10-16(17)21-2)15(12-18(19)20)13-7-5-4-6-8-13/h4-11,15H,3,12H2,1-2H3,(H,19,20). The van der Waals surface area contributed by atoms with E-state index in [1.165, 1.54) is 0 Å². The summed E-state index contributed by atoms with van der Waals surface area (Å²) in [7, 11) is 1.59. The van der Waals surface area contributed by atoms with E-state index in [2.05, 4.69) is 0 Å². The van der Waals surface area contributed by atoms with Gasteiger partial charge in [0.15, 0.2) is 11.5 Å². The molecule has 1 N–H and O–H groups in total. The Bertz CT molecular complexity index is 622. The van der Waals surface area contributed by atoms with Crippen LogP contribution in [-0.4, -0.2) is 24.8 Å². The number of ether oxygens (including phenoxy) is 2. The Morgan fingerprint density at radius 3 is 2.41 bits per heavy atom. The molecule has 0 saturated heterocycles. The van der Waals surface area contributed by atoms with Gasteiger partial charge in [0.1, 0.15) is 0 Å². The monoisotopic (exact) mass is 300 g/mol. The van der Waals surface area contributed by atoms with Gasteiger partial charge in [0.2, 0.25) is 0 Å². The summed E-state index contributed by atoms with van der Waals surface area (Å²) in [5.41, 5.74) is 1.87. The molecule has 0 fully saturated rings. The number of benzene rings is 2. The third kappa shape index (κ3) is 3.79. The van der Waals surface area contributed by atoms with Crippen LogP contribution in [0.5, 0.6) is 11.5 Å². The van der Waals surface area contributed by atoms with Crippen LogP contribution in [0, 0.1) is 0 Å². The number of carboxylic acid groups (broad SMARTS) is 1. The van der Waals surface area contributed by atoms with Crippen molar-refractivity contribution in [3.8, 4) is 11.5 Å². The van der Waals surface area contributed by atoms with Crippen molar-refractivity contribution in [3.63, 3.8) is 0 Å². The maximum absolute atomic E-state index is 11.2. The van der Waals surface area contributed by atoms with E-state index in [1.54, 1.807) is 7.11 Å². The second-order valence-corrected chi connectivity index (χ2v) is 4.90. The van der Waals surface area contributed by atoms with Crippen LogP contribution >= 0.6 is 0 Å². The van der Waals surface area contributed by atoms with E-state index < -0.39 is 5.97 Å². The lowest BCUT2D eigenvalue weighted by Gasteiger charge is -2.18. The molecular formula is C18H20O4. The molecule has 0 aliphatic carbocycles. The molecular weight excluding hydrogens is 280 g/mol. The quantitative estimate of drug-likeness (QED) is 0.847. The highest BCUT2D eigenvalue weighted by atomic mass is 16.5. The Morgan fingerprint density at radius 1 is 1.09 bits per heavy atom. The highest BCUT2D eigenvalue weighted by Gasteiger charge is 2.19. The summed E-state index contributed by atoms with van der Waals surface area (Å²) in [6.45, 7) is 2.42. The summed E-state index contributed by atoms with van der Waals surface area (Å²) >= 11 is 0. The van der Waals surface area contributed by atoms with Crippen LogP contribution in [0.25, 0.3) is 0 Å². The van der Waals surface area contributed by atoms with E-state index in [4.69, 9.17) is 9.47 Å². The number of aliphatic carboxylic acids is 1. The SMILES string of the molecule is CCOc1cc(C(CC(=O)O)c2ccccc2)ccc1OC. The predicted octanol–water partition coefficient (Wildman–Crippen LogP) is 3.70. The van der Waals surface area contributed by atoms with E-state index in [9.17, 15) is 9.90 Å². The van der Waals surface area contributed by atoms with Gasteiger partial charge in [0.25, 0.3) is 0 Å². The number of carbonyl (C=O) groups is 1. The van der Waals surface area contributed by atoms with Gasteiger partial charge in [-0.25, -0.2) is 0 Å². The zero-order chi connectivity index (χ0) is 15.9. The zero-order valence-corrected chi connectivity index (χ0v) is 12.8. The first kappa shape index (κ1) is 15.9. The highest BCUT2D eigenvalue weighted by molar-refractivity contribution is 5.69. The van der Waals surface area contributed by atoms with Gasteiger partial charge in [0, 0.05) is 5.92 Å². The normalized spacial score (nSPS) is 11.7. The number of rotatable bonds is 7. The Hall–Kier alpha value is -2.49. The topological polar surface area (TPSA) is 55.8 Å². The van der Waals surface area contributed by atoms with Crippen LogP contribution in [0.4, 0.5) is 0 Å². The van der Waals surface area contributed by atoms with Gasteiger partial charge in [-0.15, -0.1) is 0 Å². The molecule has 1 atom stereocenters. The highest BCUT2D eigenvalue weighted by Crippen LogP contribution is 2.35. The fourth-order valence-electron chi connectivity index (χ4n) is 2.47. The second-order valence-electron chi connectivity index (χ2n) is 4.90. The van der Waals surface area contributed by atoms with Crippen molar-refractivity contribution in [2.24, 2.45) is 0 Å². The maximum atomic E-state index is 11.2. The fourth-order valence-corrected chi connectivity index (χ4v) is 2.47. The molecule has 0 aliphatic heterocycles. The van der Waals surface area contributed by atoms with Crippen LogP contribution in [0.3, 0.4) is 0 Å². The minimum atomic E-state index is -0.831. The van der Waals surface area contributed by atoms with Crippen LogP contribution in [-0.2, 0) is 4.79 Å². The van der Waals surface area contributed by atoms with Gasteiger partial charge in [-0.05, 0) is 30.2 Å². The molecule has 116 valence electrons. The first-order valence-electron chi connectivity index (χ1n) is 7.23. The van der Waals surface area contributed by atoms with E-state index in [0.29, 0.717) is 18.1 Å². The predicted molar refractivity (Wildman–Crippen MR) is 84.7 cm³/mol. The molecule has 22 heavy (non-hydrogen) atoms. The third-order valence-electron chi connectivity index (χ3n) is 3.47. The molecule has 2 aromatic carbocycles. The Labute approximate surface area is 130 Å². The first-order chi connectivity index (χ1) is 10.7. The maximum Gasteiger partial charge on any atom is 0.304 e. The molecule has 0 aromatic heterocycles. The summed E-state index contributed by atoms with van der Waals surface area (Å²) in [4.78, 5) is 11.2. The van der Waals surface area contributed by atoms with Crippen LogP contribution in [0.1, 0.15) is 30.4 Å². The molecule has 0 radical (unpaired) electrons. The van der Waals surface area contributed by atoms with Gasteiger partial charge in [-0.1, -0.05) is 36.4 Å². The molecule has 4 nitrogen and oxygen atoms in total. The lowest BCUT2D eigenvalue weighted by molar-refractivity contribution is -0.137. The summed E-state index contributed by atoms with van der Waals surface area (Å²) in [6.07, 6.45) is 0.0297. The van der Waals surface area contributed by atoms with Crippen molar-refractivity contribution in [3.05, 3.63) is 59.7 Å². The van der Waals surface area contributed by atoms with Crippen molar-refractivity contribution < 1.29 is 19.4 Å². The van der Waals surface area contributed by atoms with Crippen molar-refractivity contribution in [1.29, 1.82) is 0 Å². The molecule has 0 heterocycles. The van der Waals surface area contributed by atoms with E-state index in [1.807, 2.05) is 55.5 Å². The van der Waals surface area contributed by atoms with E-state index in [0.717, 1.165) is 11.1 Å². The molecule has 2 rings (SSSR count). The number of hydrogen-bond donors (Lipinski definition) is 1. The second kappa shape index (κ2) is 7.50. The van der Waals surface area contributed by atoms with Crippen molar-refractivity contribution in [2.45, 2.75) is 19.3 Å². The molecule has 0 spiro atoms. The summed E-state index contributed by atoms with van der Waals surface area (Å²) in [5, 5.41) is 9.22. The first-order valence-corrected chi connectivity index (χ1v) is 7.23. The van der Waals surface area contributed by atoms with Crippen LogP contribution in [0.15, 0.2) is 48.5 Å². The summed E-state index contributed by atoms with van der Waals surface area (Å²) in [5.74, 6) is 0.230. The van der Waals surface area contributed by atoms with Gasteiger partial charge in [-0.2, -0.15) is 0 Å². The average molecular weight is 300 g/mol. The number of hydrogen-bond acceptors (Lipinski definition) is 3. The summed E-state index contributed by atoms with van der Waals surface area (Å²) in [6, 6.07) is 15.2. The largest absolute Gasteiger partial charge is 0.493 e. The Morgan fingerprint density at radius 2 is 1.82 bits per heavy atom. The number of methoxy groups -OCH3 is 1. The van der Waals surface area contributed by atoms with Gasteiger partial charge >= 0.3 is 5.97 Å². The van der Waals surface area contributed by atoms with Gasteiger partial charge in [0.05, 0.1) is 20.1 Å². The van der Waals surface area contributed by atoms with Crippen molar-refractivity contribution in [2.75, 3.05) is 13.7 Å². The van der Waals surface area contributed by atoms with Gasteiger partial charge in [-0.3, -0.25) is 4.79 Å². The Balaban J connectivity index is 2.43. The molecule has 2 aromatic rings. The molecule has 0 bridgehead atoms. The molecule has 0 amide bonds. The molecule has 0 saturated carbocycles. The third-order valence-corrected chi connectivity index (χ3v) is 3.47. The fraction of sp³-hybridized carbons (Fsp3) is 0.278. The smallest absolute Gasteiger partial charge is 0.304 e. The van der Waals surface area contributed by atoms with E-state index in [-0.39, 0.29) is 12.3 Å². The van der Waals surface area contributed by atoms with Gasteiger partial charge < -0.3 is 14.6 Å². The summed E-state index contributed by atoms with van der Waals surface area (Å²) < 4.78 is 10.9. The lowest BCUT2D eigenvalue weighted by Crippen LogP contribution is -2.08.